The highest BCUT2D eigenvalue weighted by molar-refractivity contribution is 5.93. The van der Waals surface area contributed by atoms with Gasteiger partial charge in [-0.25, -0.2) is 5.84 Å². The number of aryl methyl sites for hydroxylation is 1. The Morgan fingerprint density at radius 3 is 2.67 bits per heavy atom. The molecule has 1 aromatic rings. The Bertz CT molecular complexity index is 362. The molecule has 0 bridgehead atoms. The summed E-state index contributed by atoms with van der Waals surface area (Å²) in [4.78, 5) is 4.32. The predicted molar refractivity (Wildman–Crippen MR) is 75.5 cm³/mol. The molecule has 1 aromatic carbocycles. The third-order valence-electron chi connectivity index (χ3n) is 2.37. The van der Waals surface area contributed by atoms with Crippen LogP contribution in [-0.4, -0.2) is 25.7 Å². The van der Waals surface area contributed by atoms with E-state index in [-0.39, 0.29) is 0 Å². The number of anilines is 1. The zero-order valence-corrected chi connectivity index (χ0v) is 11.1. The molecule has 0 amide bonds. The normalized spacial score (nSPS) is 11.4. The van der Waals surface area contributed by atoms with E-state index in [9.17, 15) is 0 Å². The average molecular weight is 250 g/mol. The fraction of sp³-hybridized carbons (Fsp3) is 0.462. The van der Waals surface area contributed by atoms with Crippen LogP contribution >= 0.6 is 0 Å². The highest BCUT2D eigenvalue weighted by atomic mass is 16.5. The Kier molecular flexibility index (Phi) is 6.83. The van der Waals surface area contributed by atoms with Crippen LogP contribution in [0.2, 0.25) is 0 Å². The van der Waals surface area contributed by atoms with Crippen LogP contribution in [0.1, 0.15) is 18.9 Å². The van der Waals surface area contributed by atoms with Crippen molar-refractivity contribution in [3.8, 4) is 0 Å². The second-order valence-electron chi connectivity index (χ2n) is 3.92. The first-order valence-electron chi connectivity index (χ1n) is 6.18. The van der Waals surface area contributed by atoms with Crippen molar-refractivity contribution in [2.45, 2.75) is 20.3 Å². The first-order valence-corrected chi connectivity index (χ1v) is 6.18. The molecule has 0 fully saturated rings. The summed E-state index contributed by atoms with van der Waals surface area (Å²) in [6.07, 6.45) is 0.884. The lowest BCUT2D eigenvalue weighted by Crippen LogP contribution is -2.36. The first-order chi connectivity index (χ1) is 8.76. The minimum atomic E-state index is 0.565. The van der Waals surface area contributed by atoms with Crippen LogP contribution in [0.25, 0.3) is 0 Å². The lowest BCUT2D eigenvalue weighted by Gasteiger charge is -2.09. The largest absolute Gasteiger partial charge is 0.382 e. The number of hydrazine groups is 1. The molecule has 0 unspecified atom stereocenters. The Labute approximate surface area is 108 Å². The van der Waals surface area contributed by atoms with Crippen molar-refractivity contribution in [2.24, 2.45) is 10.8 Å². The van der Waals surface area contributed by atoms with Gasteiger partial charge in [-0.3, -0.25) is 10.4 Å². The molecule has 0 aromatic heterocycles. The van der Waals surface area contributed by atoms with E-state index < -0.39 is 0 Å². The Morgan fingerprint density at radius 1 is 1.33 bits per heavy atom. The summed E-state index contributed by atoms with van der Waals surface area (Å²) in [6, 6.07) is 8.04. The number of nitrogens with zero attached hydrogens (tertiary/aromatic N) is 1. The van der Waals surface area contributed by atoms with Gasteiger partial charge in [0.25, 0.3) is 0 Å². The number of nitrogens with one attached hydrogen (secondary N) is 2. The van der Waals surface area contributed by atoms with Gasteiger partial charge in [0, 0.05) is 25.4 Å². The van der Waals surface area contributed by atoms with Gasteiger partial charge in [0.2, 0.25) is 5.96 Å². The fourth-order valence-electron chi connectivity index (χ4n) is 1.40. The van der Waals surface area contributed by atoms with E-state index >= 15 is 0 Å². The van der Waals surface area contributed by atoms with E-state index in [1.807, 2.05) is 38.1 Å². The molecule has 0 aliphatic heterocycles. The lowest BCUT2D eigenvalue weighted by molar-refractivity contribution is 0.146. The Hall–Kier alpha value is -1.59. The number of ether oxygens (including phenoxy) is 1. The molecule has 0 heterocycles. The van der Waals surface area contributed by atoms with Gasteiger partial charge < -0.3 is 10.1 Å². The van der Waals surface area contributed by atoms with Crippen molar-refractivity contribution in [1.82, 2.24) is 5.43 Å². The topological polar surface area (TPSA) is 71.7 Å². The van der Waals surface area contributed by atoms with Crippen LogP contribution in [0.5, 0.6) is 0 Å². The van der Waals surface area contributed by atoms with Gasteiger partial charge in [-0.05, 0) is 32.4 Å². The van der Waals surface area contributed by atoms with Crippen LogP contribution < -0.4 is 16.6 Å². The monoisotopic (exact) mass is 250 g/mol. The van der Waals surface area contributed by atoms with Crippen molar-refractivity contribution in [2.75, 3.05) is 25.1 Å². The van der Waals surface area contributed by atoms with E-state index in [1.54, 1.807) is 0 Å². The van der Waals surface area contributed by atoms with Gasteiger partial charge in [-0.1, -0.05) is 17.7 Å². The predicted octanol–water partition coefficient (Wildman–Crippen LogP) is 1.65. The zero-order valence-electron chi connectivity index (χ0n) is 11.1. The average Bonchev–Trinajstić information content (AvgIpc) is 2.39. The van der Waals surface area contributed by atoms with Crippen LogP contribution in [0, 0.1) is 6.92 Å². The molecule has 5 heteroatoms. The maximum atomic E-state index is 5.42. The van der Waals surface area contributed by atoms with Crippen LogP contribution in [-0.2, 0) is 4.74 Å². The van der Waals surface area contributed by atoms with Gasteiger partial charge in [0.05, 0.1) is 0 Å². The molecule has 1 rings (SSSR count). The van der Waals surface area contributed by atoms with Gasteiger partial charge in [-0.2, -0.15) is 0 Å². The molecule has 18 heavy (non-hydrogen) atoms. The quantitative estimate of drug-likeness (QED) is 0.236. The smallest absolute Gasteiger partial charge is 0.210 e. The van der Waals surface area contributed by atoms with Gasteiger partial charge >= 0.3 is 0 Å². The van der Waals surface area contributed by atoms with E-state index in [0.29, 0.717) is 12.5 Å². The summed E-state index contributed by atoms with van der Waals surface area (Å²) >= 11 is 0. The van der Waals surface area contributed by atoms with E-state index in [0.717, 1.165) is 25.3 Å². The van der Waals surface area contributed by atoms with Crippen LogP contribution in [0.4, 0.5) is 5.69 Å². The number of nitrogens with two attached hydrogens (primary N) is 1. The van der Waals surface area contributed by atoms with Crippen molar-refractivity contribution < 1.29 is 4.74 Å². The third-order valence-corrected chi connectivity index (χ3v) is 2.37. The van der Waals surface area contributed by atoms with Crippen LogP contribution in [0.15, 0.2) is 29.3 Å². The van der Waals surface area contributed by atoms with Crippen molar-refractivity contribution in [3.63, 3.8) is 0 Å². The number of aliphatic imine (C=N–C) groups is 1. The fourth-order valence-corrected chi connectivity index (χ4v) is 1.40. The van der Waals surface area contributed by atoms with Crippen molar-refractivity contribution in [3.05, 3.63) is 29.8 Å². The number of hydrogen-bond donors (Lipinski definition) is 3. The van der Waals surface area contributed by atoms with E-state index in [1.165, 1.54) is 5.56 Å². The second kappa shape index (κ2) is 8.49. The van der Waals surface area contributed by atoms with Crippen molar-refractivity contribution in [1.29, 1.82) is 0 Å². The molecule has 0 spiro atoms. The zero-order chi connectivity index (χ0) is 13.2. The molecular weight excluding hydrogens is 228 g/mol. The van der Waals surface area contributed by atoms with Gasteiger partial charge in [-0.15, -0.1) is 0 Å². The van der Waals surface area contributed by atoms with Crippen molar-refractivity contribution >= 4 is 11.6 Å². The first kappa shape index (κ1) is 14.5. The SMILES string of the molecule is CCOCCCN=C(NN)Nc1ccc(C)cc1. The van der Waals surface area contributed by atoms with E-state index in [4.69, 9.17) is 10.6 Å². The summed E-state index contributed by atoms with van der Waals surface area (Å²) in [6.45, 7) is 6.18. The summed E-state index contributed by atoms with van der Waals surface area (Å²) in [5.74, 6) is 5.98. The van der Waals surface area contributed by atoms with E-state index in [2.05, 4.69) is 15.7 Å². The maximum absolute atomic E-state index is 5.42. The molecule has 0 aliphatic carbocycles. The summed E-state index contributed by atoms with van der Waals surface area (Å²) in [5.41, 5.74) is 4.73. The summed E-state index contributed by atoms with van der Waals surface area (Å²) in [5, 5.41) is 3.12. The number of benzene rings is 1. The Balaban J connectivity index is 2.40. The molecule has 0 saturated carbocycles. The van der Waals surface area contributed by atoms with Gasteiger partial charge in [0.15, 0.2) is 0 Å². The molecule has 5 nitrogen and oxygen atoms in total. The minimum absolute atomic E-state index is 0.565. The van der Waals surface area contributed by atoms with Crippen LogP contribution in [0.3, 0.4) is 0 Å². The molecule has 100 valence electrons. The molecule has 0 saturated heterocycles. The molecule has 0 aliphatic rings. The Morgan fingerprint density at radius 2 is 2.06 bits per heavy atom. The molecular formula is C13H22N4O. The molecule has 4 N–H and O–H groups in total. The summed E-state index contributed by atoms with van der Waals surface area (Å²) < 4.78 is 5.24. The highest BCUT2D eigenvalue weighted by Gasteiger charge is 1.97. The maximum Gasteiger partial charge on any atom is 0.210 e. The minimum Gasteiger partial charge on any atom is -0.382 e. The third kappa shape index (κ3) is 5.65. The molecule has 0 atom stereocenters. The number of guanidine groups is 1. The van der Waals surface area contributed by atoms with Gasteiger partial charge in [0.1, 0.15) is 0 Å². The lowest BCUT2D eigenvalue weighted by atomic mass is 10.2. The second-order valence-corrected chi connectivity index (χ2v) is 3.92. The standard InChI is InChI=1S/C13H22N4O/c1-3-18-10-4-9-15-13(17-14)16-12-7-5-11(2)6-8-12/h5-8H,3-4,9-10,14H2,1-2H3,(H2,15,16,17). The number of hydrogen-bond acceptors (Lipinski definition) is 3. The highest BCUT2D eigenvalue weighted by Crippen LogP contribution is 2.07. The summed E-state index contributed by atoms with van der Waals surface area (Å²) in [7, 11) is 0. The number of rotatable bonds is 6. The molecule has 0 radical (unpaired) electrons.